The molecule has 2 heterocycles. The molecule has 0 saturated carbocycles. The molecule has 0 bridgehead atoms. The van der Waals surface area contributed by atoms with E-state index in [4.69, 9.17) is 10.2 Å². The Morgan fingerprint density at radius 2 is 1.90 bits per heavy atom. The smallest absolute Gasteiger partial charge is 0.244 e. The van der Waals surface area contributed by atoms with Gasteiger partial charge in [0.15, 0.2) is 0 Å². The average Bonchev–Trinajstić information content (AvgIpc) is 2.72. The minimum atomic E-state index is -3.66. The number of aromatic nitrogens is 1. The van der Waals surface area contributed by atoms with Crippen molar-refractivity contribution in [2.45, 2.75) is 31.8 Å². The number of hydrogen-bond donors (Lipinski definition) is 2. The fraction of sp³-hybridized carbons (Fsp3) is 0.308. The third-order valence-corrected chi connectivity index (χ3v) is 4.61. The lowest BCUT2D eigenvalue weighted by Gasteiger charge is -2.07. The van der Waals surface area contributed by atoms with Gasteiger partial charge in [0.25, 0.3) is 0 Å². The summed E-state index contributed by atoms with van der Waals surface area (Å²) in [5.41, 5.74) is 6.96. The Hall–Kier alpha value is -1.70. The topological polar surface area (TPSA) is 98.2 Å². The Morgan fingerprint density at radius 1 is 1.25 bits per heavy atom. The Balaban J connectivity index is 2.27. The van der Waals surface area contributed by atoms with Crippen molar-refractivity contribution in [2.24, 2.45) is 5.73 Å². The van der Waals surface area contributed by atoms with Gasteiger partial charge < -0.3 is 10.2 Å². The summed E-state index contributed by atoms with van der Waals surface area (Å²) in [6, 6.07) is 3.50. The molecule has 7 heteroatoms. The van der Waals surface area contributed by atoms with Gasteiger partial charge >= 0.3 is 0 Å². The summed E-state index contributed by atoms with van der Waals surface area (Å²) in [4.78, 5) is 4.03. The van der Waals surface area contributed by atoms with Gasteiger partial charge in [-0.3, -0.25) is 4.98 Å². The third-order valence-electron chi connectivity index (χ3n) is 3.01. The molecule has 0 aliphatic heterocycles. The second kappa shape index (κ2) is 5.74. The molecule has 2 rings (SSSR count). The highest BCUT2D eigenvalue weighted by Crippen LogP contribution is 2.26. The van der Waals surface area contributed by atoms with E-state index in [-0.39, 0.29) is 18.0 Å². The molecule has 2 aromatic heterocycles. The molecular formula is C13H17N3O3S. The van der Waals surface area contributed by atoms with Crippen LogP contribution < -0.4 is 10.5 Å². The van der Waals surface area contributed by atoms with Gasteiger partial charge in [-0.05, 0) is 31.5 Å². The van der Waals surface area contributed by atoms with Gasteiger partial charge in [-0.2, -0.15) is 0 Å². The van der Waals surface area contributed by atoms with E-state index in [1.54, 1.807) is 38.4 Å². The van der Waals surface area contributed by atoms with E-state index in [2.05, 4.69) is 9.71 Å². The lowest BCUT2D eigenvalue weighted by atomic mass is 10.2. The number of nitrogens with two attached hydrogens (primary N) is 1. The van der Waals surface area contributed by atoms with Gasteiger partial charge in [-0.1, -0.05) is 0 Å². The SMILES string of the molecule is Cc1oc(C)c(S(=O)(=O)NCc2ccncc2)c1CN. The number of sulfonamides is 1. The number of hydrogen-bond acceptors (Lipinski definition) is 5. The largest absolute Gasteiger partial charge is 0.465 e. The van der Waals surface area contributed by atoms with Crippen LogP contribution in [0.15, 0.2) is 33.8 Å². The number of furan rings is 1. The maximum Gasteiger partial charge on any atom is 0.244 e. The van der Waals surface area contributed by atoms with Crippen molar-refractivity contribution >= 4 is 10.0 Å². The zero-order valence-corrected chi connectivity index (χ0v) is 12.2. The first kappa shape index (κ1) is 14.7. The fourth-order valence-electron chi connectivity index (χ4n) is 2.05. The predicted octanol–water partition coefficient (Wildman–Crippen LogP) is 1.23. The van der Waals surface area contributed by atoms with Crippen LogP contribution in [0.3, 0.4) is 0 Å². The molecule has 2 aromatic rings. The van der Waals surface area contributed by atoms with Crippen molar-refractivity contribution in [2.75, 3.05) is 0 Å². The van der Waals surface area contributed by atoms with Gasteiger partial charge in [0.2, 0.25) is 10.0 Å². The lowest BCUT2D eigenvalue weighted by molar-refractivity contribution is 0.494. The maximum atomic E-state index is 12.4. The summed E-state index contributed by atoms with van der Waals surface area (Å²) >= 11 is 0. The number of rotatable bonds is 5. The van der Waals surface area contributed by atoms with Gasteiger partial charge in [0, 0.05) is 31.0 Å². The van der Waals surface area contributed by atoms with Crippen molar-refractivity contribution in [3.05, 3.63) is 47.2 Å². The maximum absolute atomic E-state index is 12.4. The van der Waals surface area contributed by atoms with Crippen molar-refractivity contribution < 1.29 is 12.8 Å². The Bertz CT molecular complexity index is 693. The van der Waals surface area contributed by atoms with Gasteiger partial charge in [-0.25, -0.2) is 13.1 Å². The van der Waals surface area contributed by atoms with Gasteiger partial charge in [-0.15, -0.1) is 0 Å². The molecule has 0 unspecified atom stereocenters. The van der Waals surface area contributed by atoms with Crippen LogP contribution in [0.4, 0.5) is 0 Å². The van der Waals surface area contributed by atoms with Crippen LogP contribution in [0.2, 0.25) is 0 Å². The van der Waals surface area contributed by atoms with Crippen LogP contribution >= 0.6 is 0 Å². The summed E-state index contributed by atoms with van der Waals surface area (Å²) in [5.74, 6) is 0.888. The molecule has 0 aliphatic rings. The van der Waals surface area contributed by atoms with Crippen molar-refractivity contribution in [3.63, 3.8) is 0 Å². The first-order chi connectivity index (χ1) is 9.45. The average molecular weight is 295 g/mol. The molecule has 0 aliphatic carbocycles. The molecular weight excluding hydrogens is 278 g/mol. The zero-order chi connectivity index (χ0) is 14.8. The molecule has 0 amide bonds. The number of pyridine rings is 1. The lowest BCUT2D eigenvalue weighted by Crippen LogP contribution is -2.25. The van der Waals surface area contributed by atoms with E-state index in [9.17, 15) is 8.42 Å². The monoisotopic (exact) mass is 295 g/mol. The van der Waals surface area contributed by atoms with Crippen LogP contribution in [0.25, 0.3) is 0 Å². The Labute approximate surface area is 118 Å². The number of nitrogens with zero attached hydrogens (tertiary/aromatic N) is 1. The van der Waals surface area contributed by atoms with Gasteiger partial charge in [0.1, 0.15) is 16.4 Å². The summed E-state index contributed by atoms with van der Waals surface area (Å²) in [5, 5.41) is 0. The molecule has 0 aromatic carbocycles. The molecule has 6 nitrogen and oxygen atoms in total. The molecule has 108 valence electrons. The molecule has 20 heavy (non-hydrogen) atoms. The second-order valence-electron chi connectivity index (χ2n) is 4.41. The first-order valence-corrected chi connectivity index (χ1v) is 7.61. The highest BCUT2D eigenvalue weighted by Gasteiger charge is 2.25. The Morgan fingerprint density at radius 3 is 2.50 bits per heavy atom. The van der Waals surface area contributed by atoms with E-state index in [0.29, 0.717) is 17.1 Å². The molecule has 0 atom stereocenters. The highest BCUT2D eigenvalue weighted by molar-refractivity contribution is 7.89. The fourth-order valence-corrected chi connectivity index (χ4v) is 3.52. The zero-order valence-electron chi connectivity index (χ0n) is 11.4. The van der Waals surface area contributed by atoms with Crippen molar-refractivity contribution in [1.29, 1.82) is 0 Å². The van der Waals surface area contributed by atoms with Crippen LogP contribution in [0, 0.1) is 13.8 Å². The second-order valence-corrected chi connectivity index (χ2v) is 6.11. The molecule has 0 spiro atoms. The van der Waals surface area contributed by atoms with Crippen LogP contribution in [-0.2, 0) is 23.1 Å². The van der Waals surface area contributed by atoms with E-state index in [1.165, 1.54) is 0 Å². The van der Waals surface area contributed by atoms with Crippen LogP contribution in [0.1, 0.15) is 22.6 Å². The molecule has 0 saturated heterocycles. The summed E-state index contributed by atoms with van der Waals surface area (Å²) in [6.45, 7) is 3.64. The van der Waals surface area contributed by atoms with E-state index < -0.39 is 10.0 Å². The third kappa shape index (κ3) is 2.90. The minimum absolute atomic E-state index is 0.120. The molecule has 0 radical (unpaired) electrons. The first-order valence-electron chi connectivity index (χ1n) is 6.13. The highest BCUT2D eigenvalue weighted by atomic mass is 32.2. The minimum Gasteiger partial charge on any atom is -0.465 e. The van der Waals surface area contributed by atoms with E-state index in [0.717, 1.165) is 5.56 Å². The van der Waals surface area contributed by atoms with E-state index in [1.807, 2.05) is 0 Å². The summed E-state index contributed by atoms with van der Waals surface area (Å²) in [7, 11) is -3.66. The van der Waals surface area contributed by atoms with E-state index >= 15 is 0 Å². The normalized spacial score (nSPS) is 11.8. The molecule has 3 N–H and O–H groups in total. The summed E-state index contributed by atoms with van der Waals surface area (Å²) in [6.07, 6.45) is 3.23. The quantitative estimate of drug-likeness (QED) is 0.864. The standard InChI is InChI=1S/C13H17N3O3S/c1-9-12(7-14)13(10(2)19-9)20(17,18)16-8-11-3-5-15-6-4-11/h3-6,16H,7-8,14H2,1-2H3. The van der Waals surface area contributed by atoms with Crippen molar-refractivity contribution in [1.82, 2.24) is 9.71 Å². The van der Waals surface area contributed by atoms with Crippen LogP contribution in [0.5, 0.6) is 0 Å². The number of nitrogens with one attached hydrogen (secondary N) is 1. The van der Waals surface area contributed by atoms with Gasteiger partial charge in [0.05, 0.1) is 0 Å². The number of aryl methyl sites for hydroxylation is 2. The summed E-state index contributed by atoms with van der Waals surface area (Å²) < 4.78 is 32.7. The predicted molar refractivity (Wildman–Crippen MR) is 74.3 cm³/mol. The van der Waals surface area contributed by atoms with Crippen molar-refractivity contribution in [3.8, 4) is 0 Å². The molecule has 0 fully saturated rings. The Kier molecular flexibility index (Phi) is 4.22. The van der Waals surface area contributed by atoms with Crippen LogP contribution in [-0.4, -0.2) is 13.4 Å².